The monoisotopic (exact) mass is 290 g/mol. The fourth-order valence-electron chi connectivity index (χ4n) is 1.36. The first-order chi connectivity index (χ1) is 9.15. The Bertz CT molecular complexity index is 490. The third-order valence-electron chi connectivity index (χ3n) is 2.40. The van der Waals surface area contributed by atoms with Gasteiger partial charge in [-0.1, -0.05) is 48.1 Å². The van der Waals surface area contributed by atoms with Crippen molar-refractivity contribution in [2.24, 2.45) is 0 Å². The lowest BCUT2D eigenvalue weighted by Gasteiger charge is -1.95. The van der Waals surface area contributed by atoms with Crippen LogP contribution in [-0.4, -0.2) is 18.3 Å². The van der Waals surface area contributed by atoms with E-state index in [4.69, 9.17) is 0 Å². The Morgan fingerprint density at radius 1 is 1.05 bits per heavy atom. The lowest BCUT2D eigenvalue weighted by Crippen LogP contribution is -1.85. The first-order valence-corrected chi connectivity index (χ1v) is 8.35. The molecule has 0 aliphatic heterocycles. The second-order valence-electron chi connectivity index (χ2n) is 3.90. The average molecular weight is 290 g/mol. The van der Waals surface area contributed by atoms with Crippen LogP contribution >= 0.6 is 23.5 Å². The van der Waals surface area contributed by atoms with Crippen molar-refractivity contribution in [1.82, 2.24) is 0 Å². The first-order valence-electron chi connectivity index (χ1n) is 5.90. The molecule has 0 unspecified atom stereocenters. The minimum Gasteiger partial charge on any atom is -0.290 e. The van der Waals surface area contributed by atoms with Gasteiger partial charge < -0.3 is 0 Å². The Morgan fingerprint density at radius 3 is 2.26 bits per heavy atom. The number of allylic oxidation sites excluding steroid dienone is 4. The van der Waals surface area contributed by atoms with Crippen molar-refractivity contribution >= 4 is 35.4 Å². The number of thioether (sulfide) groups is 2. The summed E-state index contributed by atoms with van der Waals surface area (Å²) >= 11 is 3.17. The van der Waals surface area contributed by atoms with E-state index in [0.29, 0.717) is 0 Å². The zero-order valence-corrected chi connectivity index (χ0v) is 13.1. The zero-order chi connectivity index (χ0) is 14.1. The van der Waals surface area contributed by atoms with Crippen LogP contribution in [0.3, 0.4) is 0 Å². The van der Waals surface area contributed by atoms with Crippen LogP contribution in [0, 0.1) is 6.92 Å². The third-order valence-corrected chi connectivity index (χ3v) is 4.44. The van der Waals surface area contributed by atoms with Crippen molar-refractivity contribution in [2.75, 3.05) is 12.5 Å². The predicted octanol–water partition coefficient (Wildman–Crippen LogP) is 4.70. The molecule has 0 bridgehead atoms. The Balaban J connectivity index is 2.56. The molecule has 0 aliphatic carbocycles. The molecule has 0 N–H and O–H groups in total. The fourth-order valence-corrected chi connectivity index (χ4v) is 2.49. The molecule has 1 nitrogen and oxygen atoms in total. The molecule has 0 radical (unpaired) electrons. The summed E-state index contributed by atoms with van der Waals surface area (Å²) in [5, 5.41) is 0. The fraction of sp³-hybridized carbons (Fsp3) is 0.188. The molecule has 0 aliphatic rings. The van der Waals surface area contributed by atoms with Crippen molar-refractivity contribution in [3.8, 4) is 0 Å². The number of carbonyl (C=O) groups is 1. The molecular weight excluding hydrogens is 272 g/mol. The van der Waals surface area contributed by atoms with Crippen LogP contribution in [0.25, 0.3) is 6.08 Å². The van der Waals surface area contributed by atoms with Crippen LogP contribution in [0.1, 0.15) is 11.1 Å². The van der Waals surface area contributed by atoms with Crippen LogP contribution in [-0.2, 0) is 4.79 Å². The SMILES string of the molecule is CSC(=CC(=O)C=CC=Cc1ccc(C)cc1)SC. The average Bonchev–Trinajstić information content (AvgIpc) is 2.43. The number of ketones is 1. The molecular formula is C16H18OS2. The van der Waals surface area contributed by atoms with E-state index in [2.05, 4.69) is 31.2 Å². The molecule has 0 spiro atoms. The summed E-state index contributed by atoms with van der Waals surface area (Å²) in [6.45, 7) is 2.06. The highest BCUT2D eigenvalue weighted by atomic mass is 32.2. The van der Waals surface area contributed by atoms with Gasteiger partial charge in [0.2, 0.25) is 0 Å². The van der Waals surface area contributed by atoms with Gasteiger partial charge in [-0.05, 0) is 31.1 Å². The zero-order valence-electron chi connectivity index (χ0n) is 11.4. The summed E-state index contributed by atoms with van der Waals surface area (Å²) in [5.74, 6) is 0.0206. The minimum absolute atomic E-state index is 0.0206. The highest BCUT2D eigenvalue weighted by Gasteiger charge is 1.95. The van der Waals surface area contributed by atoms with Crippen molar-refractivity contribution in [1.29, 1.82) is 0 Å². The molecule has 0 aromatic heterocycles. The Labute approximate surface area is 123 Å². The van der Waals surface area contributed by atoms with Crippen molar-refractivity contribution in [3.05, 3.63) is 63.9 Å². The molecule has 0 heterocycles. The van der Waals surface area contributed by atoms with Crippen LogP contribution in [0.4, 0.5) is 0 Å². The van der Waals surface area contributed by atoms with Crippen molar-refractivity contribution in [3.63, 3.8) is 0 Å². The van der Waals surface area contributed by atoms with Gasteiger partial charge in [-0.25, -0.2) is 0 Å². The van der Waals surface area contributed by atoms with E-state index >= 15 is 0 Å². The maximum absolute atomic E-state index is 11.6. The second kappa shape index (κ2) is 8.83. The van der Waals surface area contributed by atoms with Gasteiger partial charge >= 0.3 is 0 Å². The topological polar surface area (TPSA) is 17.1 Å². The highest BCUT2D eigenvalue weighted by Crippen LogP contribution is 2.22. The van der Waals surface area contributed by atoms with Gasteiger partial charge in [-0.15, -0.1) is 23.5 Å². The van der Waals surface area contributed by atoms with E-state index in [0.717, 1.165) is 9.80 Å². The molecule has 0 saturated heterocycles. The van der Waals surface area contributed by atoms with Gasteiger partial charge in [0.25, 0.3) is 0 Å². The Kier molecular flexibility index (Phi) is 7.38. The predicted molar refractivity (Wildman–Crippen MR) is 89.5 cm³/mol. The number of carbonyl (C=O) groups excluding carboxylic acids is 1. The standard InChI is InChI=1S/C16H18OS2/c1-13-8-10-14(11-9-13)6-4-5-7-15(17)12-16(18-2)19-3/h4-12H,1-3H3. The maximum Gasteiger partial charge on any atom is 0.180 e. The van der Waals surface area contributed by atoms with E-state index in [9.17, 15) is 4.79 Å². The molecule has 100 valence electrons. The van der Waals surface area contributed by atoms with E-state index in [1.165, 1.54) is 5.56 Å². The van der Waals surface area contributed by atoms with E-state index in [1.54, 1.807) is 41.8 Å². The van der Waals surface area contributed by atoms with E-state index < -0.39 is 0 Å². The van der Waals surface area contributed by atoms with E-state index in [-0.39, 0.29) is 5.78 Å². The maximum atomic E-state index is 11.6. The van der Waals surface area contributed by atoms with Crippen LogP contribution in [0.5, 0.6) is 0 Å². The van der Waals surface area contributed by atoms with Crippen molar-refractivity contribution in [2.45, 2.75) is 6.92 Å². The lowest BCUT2D eigenvalue weighted by atomic mass is 10.1. The second-order valence-corrected chi connectivity index (χ2v) is 5.86. The molecule has 0 atom stereocenters. The van der Waals surface area contributed by atoms with Gasteiger partial charge in [0.1, 0.15) is 0 Å². The highest BCUT2D eigenvalue weighted by molar-refractivity contribution is 8.21. The van der Waals surface area contributed by atoms with Gasteiger partial charge in [-0.2, -0.15) is 0 Å². The number of aryl methyl sites for hydroxylation is 1. The molecule has 0 amide bonds. The third kappa shape index (κ3) is 6.50. The smallest absolute Gasteiger partial charge is 0.180 e. The number of rotatable bonds is 6. The van der Waals surface area contributed by atoms with Gasteiger partial charge in [0.15, 0.2) is 5.78 Å². The molecule has 0 saturated carbocycles. The molecule has 1 aromatic rings. The Morgan fingerprint density at radius 2 is 1.68 bits per heavy atom. The molecule has 19 heavy (non-hydrogen) atoms. The van der Waals surface area contributed by atoms with Crippen LogP contribution in [0.2, 0.25) is 0 Å². The van der Waals surface area contributed by atoms with E-state index in [1.807, 2.05) is 24.7 Å². The van der Waals surface area contributed by atoms with Crippen LogP contribution in [0.15, 0.2) is 52.8 Å². The first kappa shape index (κ1) is 15.9. The number of benzene rings is 1. The number of hydrogen-bond donors (Lipinski definition) is 0. The summed E-state index contributed by atoms with van der Waals surface area (Å²) in [6, 6.07) is 8.25. The molecule has 1 aromatic carbocycles. The Hall–Kier alpha value is -1.19. The summed E-state index contributed by atoms with van der Waals surface area (Å²) in [7, 11) is 0. The molecule has 0 fully saturated rings. The quantitative estimate of drug-likeness (QED) is 0.558. The summed E-state index contributed by atoms with van der Waals surface area (Å²) in [5.41, 5.74) is 2.38. The van der Waals surface area contributed by atoms with Gasteiger partial charge in [0, 0.05) is 10.3 Å². The molecule has 1 rings (SSSR count). The molecule has 3 heteroatoms. The summed E-state index contributed by atoms with van der Waals surface area (Å²) < 4.78 is 1.03. The van der Waals surface area contributed by atoms with Gasteiger partial charge in [0.05, 0.1) is 0 Å². The van der Waals surface area contributed by atoms with Crippen molar-refractivity contribution < 1.29 is 4.79 Å². The summed E-state index contributed by atoms with van der Waals surface area (Å²) in [4.78, 5) is 11.6. The van der Waals surface area contributed by atoms with Crippen LogP contribution < -0.4 is 0 Å². The normalized spacial score (nSPS) is 11.1. The van der Waals surface area contributed by atoms with Gasteiger partial charge in [-0.3, -0.25) is 4.79 Å². The minimum atomic E-state index is 0.0206. The largest absolute Gasteiger partial charge is 0.290 e. The summed E-state index contributed by atoms with van der Waals surface area (Å²) in [6.07, 6.45) is 12.8. The lowest BCUT2D eigenvalue weighted by molar-refractivity contribution is -0.110. The number of hydrogen-bond acceptors (Lipinski definition) is 3.